The van der Waals surface area contributed by atoms with Crippen LogP contribution in [0.5, 0.6) is 11.5 Å². The largest absolute Gasteiger partial charge is 0.493 e. The van der Waals surface area contributed by atoms with Crippen LogP contribution >= 0.6 is 23.2 Å². The van der Waals surface area contributed by atoms with E-state index in [9.17, 15) is 4.79 Å². The molecule has 6 nitrogen and oxygen atoms in total. The van der Waals surface area contributed by atoms with E-state index in [1.807, 2.05) is 31.3 Å². The van der Waals surface area contributed by atoms with E-state index >= 15 is 0 Å². The third-order valence-electron chi connectivity index (χ3n) is 3.88. The van der Waals surface area contributed by atoms with Crippen molar-refractivity contribution < 1.29 is 14.3 Å². The van der Waals surface area contributed by atoms with Gasteiger partial charge in [0.1, 0.15) is 17.2 Å². The Morgan fingerprint density at radius 1 is 1.15 bits per heavy atom. The number of nitrogens with one attached hydrogen (secondary N) is 1. The fraction of sp³-hybridized carbons (Fsp3) is 0.222. The number of alkyl halides is 2. The van der Waals surface area contributed by atoms with Crippen LogP contribution in [-0.2, 0) is 4.79 Å². The van der Waals surface area contributed by atoms with Gasteiger partial charge >= 0.3 is 0 Å². The van der Waals surface area contributed by atoms with Crippen LogP contribution in [0.15, 0.2) is 36.5 Å². The number of carbonyl (C=O) groups is 1. The number of nitrogens with zero attached hydrogens (tertiary/aromatic N) is 2. The number of hydrogen-bond acceptors (Lipinski definition) is 4. The van der Waals surface area contributed by atoms with Crippen molar-refractivity contribution in [3.05, 3.63) is 42.1 Å². The highest BCUT2D eigenvalue weighted by Gasteiger charge is 2.20. The second-order valence-corrected chi connectivity index (χ2v) is 6.70. The quantitative estimate of drug-likeness (QED) is 0.663. The monoisotopic (exact) mass is 393 g/mol. The summed E-state index contributed by atoms with van der Waals surface area (Å²) in [7, 11) is 3.13. The molecule has 1 aromatic carbocycles. The molecule has 0 aliphatic carbocycles. The van der Waals surface area contributed by atoms with E-state index in [-0.39, 0.29) is 0 Å². The first-order chi connectivity index (χ1) is 12.4. The lowest BCUT2D eigenvalue weighted by Gasteiger charge is -2.11. The van der Waals surface area contributed by atoms with Gasteiger partial charge in [-0.15, -0.1) is 0 Å². The maximum Gasteiger partial charge on any atom is 0.258 e. The number of imidazole rings is 1. The van der Waals surface area contributed by atoms with Gasteiger partial charge in [-0.3, -0.25) is 9.20 Å². The molecule has 0 bridgehead atoms. The lowest BCUT2D eigenvalue weighted by atomic mass is 10.1. The Kier molecular flexibility index (Phi) is 5.25. The van der Waals surface area contributed by atoms with Crippen molar-refractivity contribution in [1.29, 1.82) is 0 Å². The van der Waals surface area contributed by atoms with E-state index in [0.717, 1.165) is 11.1 Å². The Bertz CT molecular complexity index is 970. The molecule has 2 heterocycles. The summed E-state index contributed by atoms with van der Waals surface area (Å²) in [6.45, 7) is 1.97. The number of fused-ring (bicyclic) bond motifs is 1. The molecule has 0 saturated heterocycles. The highest BCUT2D eigenvalue weighted by atomic mass is 35.5. The number of aryl methyl sites for hydroxylation is 1. The smallest absolute Gasteiger partial charge is 0.258 e. The van der Waals surface area contributed by atoms with Crippen LogP contribution in [0.2, 0.25) is 0 Å². The summed E-state index contributed by atoms with van der Waals surface area (Å²) < 4.78 is 12.4. The zero-order valence-electron chi connectivity index (χ0n) is 14.4. The number of methoxy groups -OCH3 is 2. The Morgan fingerprint density at radius 2 is 1.88 bits per heavy atom. The SMILES string of the molecule is COc1ccc(-c2nc3cc(C)ccn3c2NC(=O)C(Cl)Cl)cc1OC. The first kappa shape index (κ1) is 18.4. The molecule has 0 atom stereocenters. The third-order valence-corrected chi connectivity index (χ3v) is 4.27. The predicted octanol–water partition coefficient (Wildman–Crippen LogP) is 4.07. The number of hydrogen-bond donors (Lipinski definition) is 1. The fourth-order valence-electron chi connectivity index (χ4n) is 2.62. The number of amides is 1. The second kappa shape index (κ2) is 7.43. The molecule has 26 heavy (non-hydrogen) atoms. The second-order valence-electron chi connectivity index (χ2n) is 5.60. The Morgan fingerprint density at radius 3 is 2.54 bits per heavy atom. The minimum atomic E-state index is -1.19. The summed E-state index contributed by atoms with van der Waals surface area (Å²) in [5.74, 6) is 1.10. The summed E-state index contributed by atoms with van der Waals surface area (Å²) in [6.07, 6.45) is 1.83. The van der Waals surface area contributed by atoms with E-state index in [0.29, 0.717) is 28.7 Å². The minimum absolute atomic E-state index is 0.475. The van der Waals surface area contributed by atoms with Gasteiger partial charge in [-0.1, -0.05) is 23.2 Å². The summed E-state index contributed by atoms with van der Waals surface area (Å²) in [5, 5.41) is 2.74. The molecule has 1 N–H and O–H groups in total. The van der Waals surface area contributed by atoms with Crippen molar-refractivity contribution in [3.63, 3.8) is 0 Å². The molecule has 2 aromatic heterocycles. The van der Waals surface area contributed by atoms with Crippen LogP contribution in [-0.4, -0.2) is 34.3 Å². The van der Waals surface area contributed by atoms with Crippen LogP contribution < -0.4 is 14.8 Å². The molecular weight excluding hydrogens is 377 g/mol. The fourth-order valence-corrected chi connectivity index (χ4v) is 2.73. The van der Waals surface area contributed by atoms with Gasteiger partial charge in [0, 0.05) is 11.8 Å². The van der Waals surface area contributed by atoms with Gasteiger partial charge in [-0.25, -0.2) is 4.98 Å². The van der Waals surface area contributed by atoms with Gasteiger partial charge in [-0.2, -0.15) is 0 Å². The normalized spacial score (nSPS) is 11.0. The van der Waals surface area contributed by atoms with Gasteiger partial charge in [0.05, 0.1) is 14.2 Å². The van der Waals surface area contributed by atoms with Crippen LogP contribution in [0.1, 0.15) is 5.56 Å². The first-order valence-corrected chi connectivity index (χ1v) is 8.62. The van der Waals surface area contributed by atoms with Gasteiger partial charge in [0.2, 0.25) is 0 Å². The number of carbonyl (C=O) groups excluding carboxylic acids is 1. The van der Waals surface area contributed by atoms with Crippen molar-refractivity contribution in [2.45, 2.75) is 11.8 Å². The first-order valence-electron chi connectivity index (χ1n) is 7.74. The highest BCUT2D eigenvalue weighted by Crippen LogP contribution is 2.35. The van der Waals surface area contributed by atoms with Crippen molar-refractivity contribution in [1.82, 2.24) is 9.38 Å². The number of ether oxygens (including phenoxy) is 2. The molecule has 0 radical (unpaired) electrons. The number of pyridine rings is 1. The van der Waals surface area contributed by atoms with Crippen molar-refractivity contribution in [3.8, 4) is 22.8 Å². The van der Waals surface area contributed by atoms with E-state index in [4.69, 9.17) is 32.7 Å². The number of anilines is 1. The standard InChI is InChI=1S/C18H17Cl2N3O3/c1-10-6-7-23-14(8-10)21-15(17(23)22-18(24)16(19)20)11-4-5-12(25-2)13(9-11)26-3/h4-9,16H,1-3H3,(H,22,24). The summed E-state index contributed by atoms with van der Waals surface area (Å²) in [6, 6.07) is 9.24. The zero-order valence-corrected chi connectivity index (χ0v) is 15.9. The molecule has 0 fully saturated rings. The van der Waals surface area contributed by atoms with E-state index < -0.39 is 10.7 Å². The number of aromatic nitrogens is 2. The lowest BCUT2D eigenvalue weighted by molar-refractivity contribution is -0.114. The van der Waals surface area contributed by atoms with Gasteiger partial charge in [-0.05, 0) is 42.8 Å². The maximum atomic E-state index is 12.1. The summed E-state index contributed by atoms with van der Waals surface area (Å²) >= 11 is 11.4. The average Bonchev–Trinajstić information content (AvgIpc) is 2.98. The van der Waals surface area contributed by atoms with Crippen LogP contribution in [0.25, 0.3) is 16.9 Å². The maximum absolute atomic E-state index is 12.1. The van der Waals surface area contributed by atoms with Gasteiger partial charge in [0.15, 0.2) is 16.3 Å². The highest BCUT2D eigenvalue weighted by molar-refractivity contribution is 6.54. The molecular formula is C18H17Cl2N3O3. The van der Waals surface area contributed by atoms with Gasteiger partial charge < -0.3 is 14.8 Å². The van der Waals surface area contributed by atoms with Crippen LogP contribution in [0.4, 0.5) is 5.82 Å². The van der Waals surface area contributed by atoms with Crippen molar-refractivity contribution in [2.24, 2.45) is 0 Å². The molecule has 0 aliphatic heterocycles. The van der Waals surface area contributed by atoms with Gasteiger partial charge in [0.25, 0.3) is 5.91 Å². The molecule has 136 valence electrons. The summed E-state index contributed by atoms with van der Waals surface area (Å²) in [4.78, 5) is 15.5. The van der Waals surface area contributed by atoms with Crippen LogP contribution in [0, 0.1) is 6.92 Å². The predicted molar refractivity (Wildman–Crippen MR) is 103 cm³/mol. The Balaban J connectivity index is 2.19. The lowest BCUT2D eigenvalue weighted by Crippen LogP contribution is -2.20. The Labute approximate surface area is 160 Å². The number of halogens is 2. The minimum Gasteiger partial charge on any atom is -0.493 e. The molecule has 0 aliphatic rings. The Hall–Kier alpha value is -2.44. The molecule has 0 spiro atoms. The molecule has 0 saturated carbocycles. The molecule has 8 heteroatoms. The van der Waals surface area contributed by atoms with Crippen molar-refractivity contribution in [2.75, 3.05) is 19.5 Å². The third kappa shape index (κ3) is 3.43. The van der Waals surface area contributed by atoms with E-state index in [2.05, 4.69) is 10.3 Å². The number of rotatable bonds is 5. The van der Waals surface area contributed by atoms with E-state index in [1.165, 1.54) is 0 Å². The topological polar surface area (TPSA) is 64.9 Å². The number of benzene rings is 1. The molecule has 3 aromatic rings. The molecule has 0 unspecified atom stereocenters. The molecule has 1 amide bonds. The molecule has 3 rings (SSSR count). The van der Waals surface area contributed by atoms with E-state index in [1.54, 1.807) is 30.8 Å². The van der Waals surface area contributed by atoms with Crippen LogP contribution in [0.3, 0.4) is 0 Å². The van der Waals surface area contributed by atoms with Crippen molar-refractivity contribution >= 4 is 40.6 Å². The average molecular weight is 394 g/mol. The summed E-state index contributed by atoms with van der Waals surface area (Å²) in [5.41, 5.74) is 3.05. The zero-order chi connectivity index (χ0) is 18.8.